The van der Waals surface area contributed by atoms with E-state index in [4.69, 9.17) is 4.74 Å². The molecule has 2 aromatic rings. The van der Waals surface area contributed by atoms with Crippen LogP contribution in [0, 0.1) is 10.1 Å². The van der Waals surface area contributed by atoms with Gasteiger partial charge in [0.2, 0.25) is 0 Å². The van der Waals surface area contributed by atoms with Crippen molar-refractivity contribution >= 4 is 28.8 Å². The van der Waals surface area contributed by atoms with Crippen molar-refractivity contribution in [3.63, 3.8) is 0 Å². The lowest BCUT2D eigenvalue weighted by molar-refractivity contribution is -0.384. The Kier molecular flexibility index (Phi) is 5.73. The molecule has 1 aromatic heterocycles. The molecule has 8 heteroatoms. The summed E-state index contributed by atoms with van der Waals surface area (Å²) in [7, 11) is 0. The average molecular weight is 439 g/mol. The molecule has 0 saturated carbocycles. The Labute approximate surface area is 183 Å². The molecule has 2 heterocycles. The van der Waals surface area contributed by atoms with Crippen molar-refractivity contribution in [2.45, 2.75) is 38.5 Å². The van der Waals surface area contributed by atoms with E-state index in [2.05, 4.69) is 5.32 Å². The first kappa shape index (κ1) is 21.0. The third-order valence-electron chi connectivity index (χ3n) is 5.68. The summed E-state index contributed by atoms with van der Waals surface area (Å²) in [4.78, 5) is 38.2. The number of carbonyl (C=O) groups excluding carboxylic acids is 2. The smallest absolute Gasteiger partial charge is 0.336 e. The fraction of sp³-hybridized carbons (Fsp3) is 0.304. The molecule has 2 atom stereocenters. The molecule has 1 aromatic carbocycles. The molecule has 1 aliphatic carbocycles. The number of thiophene rings is 1. The minimum atomic E-state index is -0.702. The predicted octanol–water partition coefficient (Wildman–Crippen LogP) is 4.58. The second-order valence-electron chi connectivity index (χ2n) is 7.61. The summed E-state index contributed by atoms with van der Waals surface area (Å²) in [6.07, 6.45) is 0.974. The van der Waals surface area contributed by atoms with E-state index in [-0.39, 0.29) is 24.0 Å². The van der Waals surface area contributed by atoms with Gasteiger partial charge >= 0.3 is 5.97 Å². The van der Waals surface area contributed by atoms with Crippen LogP contribution in [0.1, 0.15) is 49.0 Å². The van der Waals surface area contributed by atoms with E-state index in [1.807, 2.05) is 17.5 Å². The van der Waals surface area contributed by atoms with Crippen LogP contribution in [-0.4, -0.2) is 23.3 Å². The van der Waals surface area contributed by atoms with Crippen LogP contribution in [0.25, 0.3) is 0 Å². The predicted molar refractivity (Wildman–Crippen MR) is 117 cm³/mol. The molecule has 0 bridgehead atoms. The number of ether oxygens (including phenoxy) is 1. The van der Waals surface area contributed by atoms with Crippen LogP contribution in [0.5, 0.6) is 0 Å². The van der Waals surface area contributed by atoms with Gasteiger partial charge in [-0.2, -0.15) is 0 Å². The van der Waals surface area contributed by atoms with Crippen molar-refractivity contribution in [1.29, 1.82) is 0 Å². The molecule has 1 aliphatic heterocycles. The summed E-state index contributed by atoms with van der Waals surface area (Å²) in [6, 6.07) is 10.1. The van der Waals surface area contributed by atoms with Crippen molar-refractivity contribution < 1.29 is 19.2 Å². The van der Waals surface area contributed by atoms with Crippen LogP contribution >= 0.6 is 11.3 Å². The Bertz CT molecular complexity index is 1120. The Balaban J connectivity index is 1.84. The second kappa shape index (κ2) is 8.47. The van der Waals surface area contributed by atoms with Crippen LogP contribution in [0.3, 0.4) is 0 Å². The molecule has 0 radical (unpaired) electrons. The molecule has 31 heavy (non-hydrogen) atoms. The molecule has 2 aliphatic rings. The highest BCUT2D eigenvalue weighted by Gasteiger charge is 2.41. The Morgan fingerprint density at radius 2 is 2.10 bits per heavy atom. The SMILES string of the molecule is CCOC(=O)C1=C(C)NC2=C(C(=O)CC(c3cccs3)C2)C1c1cccc([N+](=O)[O-])c1. The largest absolute Gasteiger partial charge is 0.463 e. The van der Waals surface area contributed by atoms with E-state index in [9.17, 15) is 19.7 Å². The lowest BCUT2D eigenvalue weighted by atomic mass is 9.72. The van der Waals surface area contributed by atoms with Gasteiger partial charge in [-0.25, -0.2) is 4.79 Å². The number of dihydropyridines is 1. The number of rotatable bonds is 5. The number of Topliss-reactive ketones (excluding diaryl/α,β-unsaturated/α-hetero) is 1. The molecule has 0 saturated heterocycles. The highest BCUT2D eigenvalue weighted by atomic mass is 32.1. The molecule has 0 fully saturated rings. The van der Waals surface area contributed by atoms with E-state index in [1.54, 1.807) is 37.3 Å². The number of hydrogen-bond donors (Lipinski definition) is 1. The molecule has 1 N–H and O–H groups in total. The van der Waals surface area contributed by atoms with Gasteiger partial charge in [0.15, 0.2) is 5.78 Å². The minimum Gasteiger partial charge on any atom is -0.463 e. The van der Waals surface area contributed by atoms with Crippen molar-refractivity contribution in [3.05, 3.63) is 84.9 Å². The third kappa shape index (κ3) is 3.90. The van der Waals surface area contributed by atoms with E-state index >= 15 is 0 Å². The van der Waals surface area contributed by atoms with E-state index < -0.39 is 16.8 Å². The minimum absolute atomic E-state index is 0.0574. The lowest BCUT2D eigenvalue weighted by Crippen LogP contribution is -2.36. The number of nitro groups is 1. The van der Waals surface area contributed by atoms with Gasteiger partial charge < -0.3 is 10.1 Å². The summed E-state index contributed by atoms with van der Waals surface area (Å²) < 4.78 is 5.27. The van der Waals surface area contributed by atoms with Gasteiger partial charge in [-0.05, 0) is 37.3 Å². The van der Waals surface area contributed by atoms with Crippen molar-refractivity contribution in [3.8, 4) is 0 Å². The topological polar surface area (TPSA) is 98.5 Å². The monoisotopic (exact) mass is 438 g/mol. The zero-order valence-electron chi connectivity index (χ0n) is 17.2. The molecular weight excluding hydrogens is 416 g/mol. The average Bonchev–Trinajstić information content (AvgIpc) is 3.27. The number of allylic oxidation sites excluding steroid dienone is 3. The number of non-ortho nitro benzene ring substituents is 1. The van der Waals surface area contributed by atoms with Gasteiger partial charge in [0.25, 0.3) is 5.69 Å². The maximum absolute atomic E-state index is 13.4. The van der Waals surface area contributed by atoms with E-state index in [0.29, 0.717) is 35.2 Å². The quantitative estimate of drug-likeness (QED) is 0.417. The van der Waals surface area contributed by atoms with Crippen molar-refractivity contribution in [2.24, 2.45) is 0 Å². The maximum atomic E-state index is 13.4. The van der Waals surface area contributed by atoms with Crippen LogP contribution in [0.2, 0.25) is 0 Å². The number of carbonyl (C=O) groups is 2. The lowest BCUT2D eigenvalue weighted by Gasteiger charge is -2.36. The summed E-state index contributed by atoms with van der Waals surface area (Å²) >= 11 is 1.62. The van der Waals surface area contributed by atoms with E-state index in [0.717, 1.165) is 10.6 Å². The summed E-state index contributed by atoms with van der Waals surface area (Å²) in [5.41, 5.74) is 2.66. The molecule has 160 valence electrons. The van der Waals surface area contributed by atoms with Crippen LogP contribution < -0.4 is 5.32 Å². The Hall–Kier alpha value is -3.26. The normalized spacial score (nSPS) is 20.9. The van der Waals surface area contributed by atoms with Gasteiger partial charge in [-0.15, -0.1) is 11.3 Å². The zero-order chi connectivity index (χ0) is 22.1. The highest BCUT2D eigenvalue weighted by Crippen LogP contribution is 2.46. The molecule has 4 rings (SSSR count). The Morgan fingerprint density at radius 3 is 2.77 bits per heavy atom. The number of hydrogen-bond acceptors (Lipinski definition) is 7. The summed E-state index contributed by atoms with van der Waals surface area (Å²) in [5, 5.41) is 16.6. The number of esters is 1. The van der Waals surface area contributed by atoms with Gasteiger partial charge in [-0.1, -0.05) is 18.2 Å². The third-order valence-corrected chi connectivity index (χ3v) is 6.72. The second-order valence-corrected chi connectivity index (χ2v) is 8.58. The number of nitrogens with zero attached hydrogens (tertiary/aromatic N) is 1. The van der Waals surface area contributed by atoms with Gasteiger partial charge in [0.1, 0.15) is 0 Å². The van der Waals surface area contributed by atoms with Crippen LogP contribution in [0.15, 0.2) is 64.3 Å². The summed E-state index contributed by atoms with van der Waals surface area (Å²) in [5.74, 6) is -1.21. The number of nitro benzene ring substituents is 1. The Morgan fingerprint density at radius 1 is 1.29 bits per heavy atom. The number of nitrogens with one attached hydrogen (secondary N) is 1. The molecule has 7 nitrogen and oxygen atoms in total. The van der Waals surface area contributed by atoms with Crippen LogP contribution in [-0.2, 0) is 14.3 Å². The molecule has 2 unspecified atom stereocenters. The first-order valence-corrected chi connectivity index (χ1v) is 11.0. The fourth-order valence-electron chi connectivity index (χ4n) is 4.39. The van der Waals surface area contributed by atoms with Gasteiger partial charge in [0, 0.05) is 52.2 Å². The number of ketones is 1. The molecule has 0 spiro atoms. The van der Waals surface area contributed by atoms with Crippen molar-refractivity contribution in [1.82, 2.24) is 5.32 Å². The van der Waals surface area contributed by atoms with Crippen LogP contribution in [0.4, 0.5) is 5.69 Å². The van der Waals surface area contributed by atoms with Gasteiger partial charge in [0.05, 0.1) is 17.1 Å². The maximum Gasteiger partial charge on any atom is 0.336 e. The number of benzene rings is 1. The molecule has 0 amide bonds. The van der Waals surface area contributed by atoms with Crippen molar-refractivity contribution in [2.75, 3.05) is 6.61 Å². The first-order valence-electron chi connectivity index (χ1n) is 10.1. The van der Waals surface area contributed by atoms with Gasteiger partial charge in [-0.3, -0.25) is 14.9 Å². The van der Waals surface area contributed by atoms with E-state index in [1.165, 1.54) is 12.1 Å². The highest BCUT2D eigenvalue weighted by molar-refractivity contribution is 7.10. The molecular formula is C23H22N2O5S. The fourth-order valence-corrected chi connectivity index (χ4v) is 5.22. The zero-order valence-corrected chi connectivity index (χ0v) is 18.0. The first-order chi connectivity index (χ1) is 14.9. The standard InChI is InChI=1S/C23H22N2O5S/c1-3-30-23(27)20-13(2)24-17-11-15(19-8-5-9-31-19)12-18(26)22(17)21(20)14-6-4-7-16(10-14)25(28)29/h4-10,15,21,24H,3,11-12H2,1-2H3. The summed E-state index contributed by atoms with van der Waals surface area (Å²) in [6.45, 7) is 3.69.